The van der Waals surface area contributed by atoms with Gasteiger partial charge in [-0.1, -0.05) is 38.3 Å². The highest BCUT2D eigenvalue weighted by atomic mass is 16.5. The van der Waals surface area contributed by atoms with Crippen LogP contribution in [-0.2, 0) is 4.79 Å². The fraction of sp³-hybridized carbons (Fsp3) is 0.600. The molecule has 1 saturated carbocycles. The summed E-state index contributed by atoms with van der Waals surface area (Å²) in [4.78, 5) is 24.4. The van der Waals surface area contributed by atoms with E-state index in [4.69, 9.17) is 4.74 Å². The van der Waals surface area contributed by atoms with Gasteiger partial charge in [0.05, 0.1) is 13.2 Å². The standard InChI is InChI=1S/C20H31N3O3/c1-4-18(15-10-12-17(26-3)13-11-15)21-14(2)19(24)23-20(25)22-16-8-6-5-7-9-16/h10-14,16,18,21H,4-9H2,1-3H3,(H2,22,23,24,25)/t14-,18+/m1/s1. The van der Waals surface area contributed by atoms with Gasteiger partial charge in [0, 0.05) is 12.1 Å². The Morgan fingerprint density at radius 1 is 1.15 bits per heavy atom. The van der Waals surface area contributed by atoms with Crippen molar-refractivity contribution in [2.45, 2.75) is 70.5 Å². The summed E-state index contributed by atoms with van der Waals surface area (Å²) in [6, 6.07) is 7.13. The fourth-order valence-electron chi connectivity index (χ4n) is 3.35. The highest BCUT2D eigenvalue weighted by Crippen LogP contribution is 2.20. The SMILES string of the molecule is CC[C@H](N[C@H](C)C(=O)NC(=O)NC1CCCCC1)c1ccc(OC)cc1. The molecule has 0 bridgehead atoms. The number of carbonyl (C=O) groups is 2. The van der Waals surface area contributed by atoms with E-state index in [9.17, 15) is 9.59 Å². The molecule has 3 amide bonds. The van der Waals surface area contributed by atoms with Gasteiger partial charge in [0.25, 0.3) is 0 Å². The van der Waals surface area contributed by atoms with E-state index in [0.717, 1.165) is 43.4 Å². The van der Waals surface area contributed by atoms with Gasteiger partial charge >= 0.3 is 6.03 Å². The molecule has 1 aliphatic carbocycles. The second-order valence-electron chi connectivity index (χ2n) is 6.92. The molecule has 0 aromatic heterocycles. The van der Waals surface area contributed by atoms with Crippen LogP contribution >= 0.6 is 0 Å². The third kappa shape index (κ3) is 6.02. The second kappa shape index (κ2) is 10.2. The minimum atomic E-state index is -0.473. The number of carbonyl (C=O) groups excluding carboxylic acids is 2. The van der Waals surface area contributed by atoms with E-state index in [2.05, 4.69) is 22.9 Å². The Labute approximate surface area is 156 Å². The van der Waals surface area contributed by atoms with Gasteiger partial charge in [0.15, 0.2) is 0 Å². The van der Waals surface area contributed by atoms with Crippen LogP contribution < -0.4 is 20.7 Å². The van der Waals surface area contributed by atoms with Crippen molar-refractivity contribution in [3.05, 3.63) is 29.8 Å². The molecule has 0 saturated heterocycles. The molecule has 1 aromatic rings. The number of amides is 3. The summed E-state index contributed by atoms with van der Waals surface area (Å²) in [6.45, 7) is 3.83. The van der Waals surface area contributed by atoms with E-state index in [1.807, 2.05) is 24.3 Å². The molecule has 1 aromatic carbocycles. The lowest BCUT2D eigenvalue weighted by Gasteiger charge is -2.24. The maximum absolute atomic E-state index is 12.3. The Hall–Kier alpha value is -2.08. The van der Waals surface area contributed by atoms with E-state index in [-0.39, 0.29) is 18.0 Å². The molecular formula is C20H31N3O3. The fourth-order valence-corrected chi connectivity index (χ4v) is 3.35. The number of ether oxygens (including phenoxy) is 1. The first-order chi connectivity index (χ1) is 12.5. The van der Waals surface area contributed by atoms with E-state index in [1.54, 1.807) is 14.0 Å². The van der Waals surface area contributed by atoms with Crippen molar-refractivity contribution in [2.75, 3.05) is 7.11 Å². The average molecular weight is 361 g/mol. The molecule has 0 aliphatic heterocycles. The topological polar surface area (TPSA) is 79.5 Å². The van der Waals surface area contributed by atoms with Gasteiger partial charge in [-0.15, -0.1) is 0 Å². The van der Waals surface area contributed by atoms with E-state index in [1.165, 1.54) is 6.42 Å². The third-order valence-corrected chi connectivity index (χ3v) is 4.95. The summed E-state index contributed by atoms with van der Waals surface area (Å²) in [5.74, 6) is 0.485. The van der Waals surface area contributed by atoms with E-state index >= 15 is 0 Å². The van der Waals surface area contributed by atoms with Crippen molar-refractivity contribution in [3.63, 3.8) is 0 Å². The number of methoxy groups -OCH3 is 1. The molecule has 0 heterocycles. The zero-order valence-electron chi connectivity index (χ0n) is 16.0. The van der Waals surface area contributed by atoms with Gasteiger partial charge in [-0.3, -0.25) is 15.4 Å². The molecule has 6 nitrogen and oxygen atoms in total. The number of rotatable bonds is 7. The lowest BCUT2D eigenvalue weighted by atomic mass is 9.96. The Balaban J connectivity index is 1.84. The molecule has 144 valence electrons. The van der Waals surface area contributed by atoms with Gasteiger partial charge in [-0.25, -0.2) is 4.79 Å². The predicted octanol–water partition coefficient (Wildman–Crippen LogP) is 3.28. The van der Waals surface area contributed by atoms with Crippen molar-refractivity contribution in [3.8, 4) is 5.75 Å². The number of urea groups is 1. The van der Waals surface area contributed by atoms with Gasteiger partial charge in [-0.05, 0) is 43.9 Å². The predicted molar refractivity (Wildman–Crippen MR) is 102 cm³/mol. The zero-order valence-corrected chi connectivity index (χ0v) is 16.0. The Kier molecular flexibility index (Phi) is 7.91. The summed E-state index contributed by atoms with van der Waals surface area (Å²) in [5.41, 5.74) is 1.08. The average Bonchev–Trinajstić information content (AvgIpc) is 2.66. The minimum Gasteiger partial charge on any atom is -0.497 e. The summed E-state index contributed by atoms with van der Waals surface area (Å²) in [6.07, 6.45) is 6.31. The lowest BCUT2D eigenvalue weighted by molar-refractivity contribution is -0.121. The number of imide groups is 1. The Morgan fingerprint density at radius 3 is 2.38 bits per heavy atom. The quantitative estimate of drug-likeness (QED) is 0.696. The van der Waals surface area contributed by atoms with Gasteiger partial charge in [0.1, 0.15) is 5.75 Å². The van der Waals surface area contributed by atoms with Gasteiger partial charge in [-0.2, -0.15) is 0 Å². The normalized spacial score (nSPS) is 17.2. The molecular weight excluding hydrogens is 330 g/mol. The Bertz CT molecular complexity index is 582. The molecule has 2 atom stereocenters. The number of benzene rings is 1. The van der Waals surface area contributed by atoms with Gasteiger partial charge < -0.3 is 10.1 Å². The van der Waals surface area contributed by atoms with Crippen molar-refractivity contribution < 1.29 is 14.3 Å². The van der Waals surface area contributed by atoms with Crippen molar-refractivity contribution >= 4 is 11.9 Å². The molecule has 6 heteroatoms. The summed E-state index contributed by atoms with van der Waals surface area (Å²) >= 11 is 0. The van der Waals surface area contributed by atoms with Crippen LogP contribution in [-0.4, -0.2) is 31.1 Å². The molecule has 2 rings (SSSR count). The second-order valence-corrected chi connectivity index (χ2v) is 6.92. The van der Waals surface area contributed by atoms with E-state index in [0.29, 0.717) is 0 Å². The molecule has 0 unspecified atom stereocenters. The van der Waals surface area contributed by atoms with Crippen molar-refractivity contribution in [1.82, 2.24) is 16.0 Å². The monoisotopic (exact) mass is 361 g/mol. The molecule has 26 heavy (non-hydrogen) atoms. The van der Waals surface area contributed by atoms with E-state index < -0.39 is 12.1 Å². The largest absolute Gasteiger partial charge is 0.497 e. The molecule has 0 radical (unpaired) electrons. The highest BCUT2D eigenvalue weighted by molar-refractivity contribution is 5.96. The molecule has 0 spiro atoms. The molecule has 3 N–H and O–H groups in total. The maximum Gasteiger partial charge on any atom is 0.321 e. The highest BCUT2D eigenvalue weighted by Gasteiger charge is 2.21. The van der Waals surface area contributed by atoms with Crippen LogP contribution in [0.1, 0.15) is 64.0 Å². The summed E-state index contributed by atoms with van der Waals surface area (Å²) < 4.78 is 5.18. The van der Waals surface area contributed by atoms with Crippen molar-refractivity contribution in [1.29, 1.82) is 0 Å². The number of hydrogen-bond acceptors (Lipinski definition) is 4. The maximum atomic E-state index is 12.3. The van der Waals surface area contributed by atoms with Gasteiger partial charge in [0.2, 0.25) is 5.91 Å². The van der Waals surface area contributed by atoms with Crippen LogP contribution in [0.15, 0.2) is 24.3 Å². The minimum absolute atomic E-state index is 0.0306. The third-order valence-electron chi connectivity index (χ3n) is 4.95. The first-order valence-electron chi connectivity index (χ1n) is 9.54. The van der Waals surface area contributed by atoms with Crippen LogP contribution in [0.4, 0.5) is 4.79 Å². The van der Waals surface area contributed by atoms with Crippen LogP contribution in [0.2, 0.25) is 0 Å². The summed E-state index contributed by atoms with van der Waals surface area (Å²) in [5, 5.41) is 8.65. The molecule has 1 aliphatic rings. The van der Waals surface area contributed by atoms with Crippen LogP contribution in [0, 0.1) is 0 Å². The van der Waals surface area contributed by atoms with Crippen LogP contribution in [0.25, 0.3) is 0 Å². The van der Waals surface area contributed by atoms with Crippen LogP contribution in [0.5, 0.6) is 5.75 Å². The van der Waals surface area contributed by atoms with Crippen LogP contribution in [0.3, 0.4) is 0 Å². The lowest BCUT2D eigenvalue weighted by Crippen LogP contribution is -2.51. The van der Waals surface area contributed by atoms with Crippen molar-refractivity contribution in [2.24, 2.45) is 0 Å². The first-order valence-corrected chi connectivity index (χ1v) is 9.54. The molecule has 1 fully saturated rings. The number of hydrogen-bond donors (Lipinski definition) is 3. The smallest absolute Gasteiger partial charge is 0.321 e. The number of nitrogens with one attached hydrogen (secondary N) is 3. The zero-order chi connectivity index (χ0) is 18.9. The first kappa shape index (κ1) is 20.2. The Morgan fingerprint density at radius 2 is 1.81 bits per heavy atom. The summed E-state index contributed by atoms with van der Waals surface area (Å²) in [7, 11) is 1.63.